The molecule has 196 valence electrons. The van der Waals surface area contributed by atoms with Crippen molar-refractivity contribution < 1.29 is 32.2 Å². The number of piperidine rings is 1. The summed E-state index contributed by atoms with van der Waals surface area (Å²) >= 11 is 0. The molecule has 3 unspecified atom stereocenters. The first-order valence-corrected chi connectivity index (χ1v) is 12.3. The molecule has 1 saturated carbocycles. The first-order chi connectivity index (χ1) is 18.4. The molecule has 5 rings (SSSR count). The van der Waals surface area contributed by atoms with Gasteiger partial charge < -0.3 is 19.1 Å². The van der Waals surface area contributed by atoms with E-state index in [2.05, 4.69) is 4.98 Å². The molecular weight excluding hydrogens is 499 g/mol. The van der Waals surface area contributed by atoms with Crippen molar-refractivity contribution in [1.82, 2.24) is 4.98 Å². The molecule has 2 heterocycles. The summed E-state index contributed by atoms with van der Waals surface area (Å²) in [5.74, 6) is -6.11. The van der Waals surface area contributed by atoms with Gasteiger partial charge in [0.2, 0.25) is 11.6 Å². The van der Waals surface area contributed by atoms with E-state index in [1.165, 1.54) is 23.1 Å². The lowest BCUT2D eigenvalue weighted by Gasteiger charge is -2.30. The summed E-state index contributed by atoms with van der Waals surface area (Å²) in [6.45, 7) is 2.19. The Bertz CT molecular complexity index is 1400. The van der Waals surface area contributed by atoms with E-state index in [-0.39, 0.29) is 42.7 Å². The molecule has 1 aromatic heterocycles. The number of pyridine rings is 1. The van der Waals surface area contributed by atoms with Crippen LogP contribution in [-0.4, -0.2) is 30.1 Å². The van der Waals surface area contributed by atoms with Crippen molar-refractivity contribution in [2.45, 2.75) is 32.4 Å². The number of carbonyl (C=O) groups excluding carboxylic acids is 1. The van der Waals surface area contributed by atoms with Crippen molar-refractivity contribution in [2.75, 3.05) is 18.1 Å². The average Bonchev–Trinajstić information content (AvgIpc) is 3.50. The van der Waals surface area contributed by atoms with Gasteiger partial charge >= 0.3 is 5.97 Å². The van der Waals surface area contributed by atoms with Gasteiger partial charge in [-0.25, -0.2) is 0 Å². The van der Waals surface area contributed by atoms with Crippen molar-refractivity contribution in [3.63, 3.8) is 0 Å². The number of nitriles is 1. The van der Waals surface area contributed by atoms with Crippen molar-refractivity contribution >= 4 is 11.7 Å². The number of nitrogens with zero attached hydrogens (tertiary/aromatic N) is 3. The zero-order valence-corrected chi connectivity index (χ0v) is 20.5. The van der Waals surface area contributed by atoms with E-state index >= 15 is 4.39 Å². The molecule has 2 aliphatic rings. The highest BCUT2D eigenvalue weighted by Gasteiger charge is 2.52. The molecule has 1 aliphatic carbocycles. The molecule has 0 radical (unpaired) electrons. The number of hydrogen-bond donors (Lipinski definition) is 0. The van der Waals surface area contributed by atoms with Crippen LogP contribution in [0.1, 0.15) is 30.9 Å². The lowest BCUT2D eigenvalue weighted by Crippen LogP contribution is -2.36. The number of carbonyl (C=O) groups is 1. The van der Waals surface area contributed by atoms with Crippen LogP contribution in [0.15, 0.2) is 48.5 Å². The monoisotopic (exact) mass is 523 g/mol. The highest BCUT2D eigenvalue weighted by molar-refractivity contribution is 5.76. The Morgan fingerprint density at radius 2 is 1.89 bits per heavy atom. The molecule has 1 aliphatic heterocycles. The Labute approximate surface area is 217 Å². The number of ether oxygens (including phenoxy) is 3. The zero-order valence-electron chi connectivity index (χ0n) is 20.5. The smallest absolute Gasteiger partial charge is 0.311 e. The van der Waals surface area contributed by atoms with Gasteiger partial charge in [-0.3, -0.25) is 4.79 Å². The second-order valence-corrected chi connectivity index (χ2v) is 9.17. The van der Waals surface area contributed by atoms with E-state index in [0.29, 0.717) is 12.8 Å². The van der Waals surface area contributed by atoms with E-state index in [9.17, 15) is 18.8 Å². The average molecular weight is 524 g/mol. The first-order valence-electron chi connectivity index (χ1n) is 12.3. The van der Waals surface area contributed by atoms with E-state index in [4.69, 9.17) is 14.2 Å². The second-order valence-electron chi connectivity index (χ2n) is 9.17. The van der Waals surface area contributed by atoms with Crippen LogP contribution in [0.4, 0.5) is 18.9 Å². The van der Waals surface area contributed by atoms with Gasteiger partial charge in [0.05, 0.1) is 24.2 Å². The third kappa shape index (κ3) is 4.72. The van der Waals surface area contributed by atoms with Gasteiger partial charge in [0.1, 0.15) is 12.3 Å². The molecule has 0 N–H and O–H groups in total. The summed E-state index contributed by atoms with van der Waals surface area (Å²) in [4.78, 5) is 17.2. The highest BCUT2D eigenvalue weighted by Crippen LogP contribution is 2.48. The zero-order chi connectivity index (χ0) is 26.8. The van der Waals surface area contributed by atoms with Gasteiger partial charge in [-0.1, -0.05) is 30.3 Å². The SMILES string of the molecule is CCOC(=O)C1C2CCC1N(c1c(F)c(F)nc(Oc3cc(C#N)ccc3OCc3ccccc3)c1F)C2. The molecule has 38 heavy (non-hydrogen) atoms. The minimum Gasteiger partial charge on any atom is -0.485 e. The standard InChI is InChI=1S/C28H24F3N3O4/c1-2-36-28(35)22-18-9-10-19(22)34(14-18)25-23(29)26(31)33-27(24(25)30)38-21-12-17(13-32)8-11-20(21)37-15-16-6-4-3-5-7-16/h3-8,11-12,18-19,22H,2,9-10,14-15H2,1H3. The van der Waals surface area contributed by atoms with Crippen LogP contribution in [0, 0.1) is 40.7 Å². The van der Waals surface area contributed by atoms with Crippen LogP contribution in [0.25, 0.3) is 0 Å². The maximum atomic E-state index is 15.8. The molecule has 2 aromatic carbocycles. The number of halogens is 3. The van der Waals surface area contributed by atoms with Crippen molar-refractivity contribution in [3.05, 3.63) is 77.2 Å². The number of anilines is 1. The lowest BCUT2D eigenvalue weighted by molar-refractivity contribution is -0.148. The quantitative estimate of drug-likeness (QED) is 0.284. The summed E-state index contributed by atoms with van der Waals surface area (Å²) in [6.07, 6.45) is 1.21. The van der Waals surface area contributed by atoms with Crippen LogP contribution in [-0.2, 0) is 16.1 Å². The Balaban J connectivity index is 1.47. The van der Waals surface area contributed by atoms with Crippen LogP contribution in [0.5, 0.6) is 17.4 Å². The van der Waals surface area contributed by atoms with E-state index < -0.39 is 47.1 Å². The Kier molecular flexibility index (Phi) is 7.09. The number of hydrogen-bond acceptors (Lipinski definition) is 7. The number of fused-ring (bicyclic) bond motifs is 2. The van der Waals surface area contributed by atoms with Crippen molar-refractivity contribution in [3.8, 4) is 23.4 Å². The summed E-state index contributed by atoms with van der Waals surface area (Å²) in [5, 5.41) is 9.33. The lowest BCUT2D eigenvalue weighted by atomic mass is 9.99. The molecule has 1 saturated heterocycles. The maximum absolute atomic E-state index is 15.8. The summed E-state index contributed by atoms with van der Waals surface area (Å²) < 4.78 is 62.0. The minimum absolute atomic E-state index is 0.0873. The molecule has 0 amide bonds. The van der Waals surface area contributed by atoms with Crippen LogP contribution in [0.2, 0.25) is 0 Å². The van der Waals surface area contributed by atoms with Gasteiger partial charge in [0.25, 0.3) is 11.8 Å². The third-order valence-electron chi connectivity index (χ3n) is 6.93. The summed E-state index contributed by atoms with van der Waals surface area (Å²) in [7, 11) is 0. The van der Waals surface area contributed by atoms with Gasteiger partial charge in [0, 0.05) is 18.7 Å². The van der Waals surface area contributed by atoms with E-state index in [0.717, 1.165) is 5.56 Å². The maximum Gasteiger partial charge on any atom is 0.311 e. The second kappa shape index (κ2) is 10.6. The molecule has 10 heteroatoms. The molecule has 3 atom stereocenters. The number of esters is 1. The molecule has 3 aromatic rings. The number of rotatable bonds is 8. The summed E-state index contributed by atoms with van der Waals surface area (Å²) in [6, 6.07) is 14.9. The van der Waals surface area contributed by atoms with Crippen LogP contribution < -0.4 is 14.4 Å². The van der Waals surface area contributed by atoms with Crippen LogP contribution >= 0.6 is 0 Å². The predicted molar refractivity (Wildman–Crippen MR) is 130 cm³/mol. The van der Waals surface area contributed by atoms with Gasteiger partial charge in [-0.15, -0.1) is 0 Å². The Hall–Kier alpha value is -4.26. The topological polar surface area (TPSA) is 84.7 Å². The fourth-order valence-corrected chi connectivity index (χ4v) is 5.26. The molecule has 2 fully saturated rings. The largest absolute Gasteiger partial charge is 0.485 e. The molecule has 2 bridgehead atoms. The highest BCUT2D eigenvalue weighted by atomic mass is 19.2. The molecule has 0 spiro atoms. The van der Waals surface area contributed by atoms with Crippen LogP contribution in [0.3, 0.4) is 0 Å². The Morgan fingerprint density at radius 3 is 2.63 bits per heavy atom. The number of aromatic nitrogens is 1. The molecular formula is C28H24F3N3O4. The summed E-state index contributed by atoms with van der Waals surface area (Å²) in [5.41, 5.74) is 0.393. The Morgan fingerprint density at radius 1 is 1.11 bits per heavy atom. The number of benzene rings is 2. The van der Waals surface area contributed by atoms with E-state index in [1.54, 1.807) is 6.92 Å². The van der Waals surface area contributed by atoms with Gasteiger partial charge in [-0.2, -0.15) is 23.4 Å². The fraction of sp³-hybridized carbons (Fsp3) is 0.321. The minimum atomic E-state index is -1.55. The van der Waals surface area contributed by atoms with E-state index in [1.807, 2.05) is 36.4 Å². The predicted octanol–water partition coefficient (Wildman–Crippen LogP) is 5.52. The van der Waals surface area contributed by atoms with Crippen molar-refractivity contribution in [1.29, 1.82) is 5.26 Å². The normalized spacial score (nSPS) is 19.8. The third-order valence-corrected chi connectivity index (χ3v) is 6.93. The van der Waals surface area contributed by atoms with Crippen molar-refractivity contribution in [2.24, 2.45) is 11.8 Å². The van der Waals surface area contributed by atoms with Gasteiger partial charge in [0.15, 0.2) is 11.5 Å². The fourth-order valence-electron chi connectivity index (χ4n) is 5.26. The molecule has 7 nitrogen and oxygen atoms in total. The first kappa shape index (κ1) is 25.4. The van der Waals surface area contributed by atoms with Gasteiger partial charge in [-0.05, 0) is 43.4 Å².